The average molecular weight is 356 g/mol. The maximum absolute atomic E-state index is 12.2. The van der Waals surface area contributed by atoms with Gasteiger partial charge in [0.05, 0.1) is 6.54 Å². The van der Waals surface area contributed by atoms with Gasteiger partial charge in [-0.3, -0.25) is 0 Å². The summed E-state index contributed by atoms with van der Waals surface area (Å²) in [6, 6.07) is 4.00. The third-order valence-electron chi connectivity index (χ3n) is 3.73. The van der Waals surface area contributed by atoms with Crippen molar-refractivity contribution in [2.24, 2.45) is 0 Å². The van der Waals surface area contributed by atoms with Gasteiger partial charge in [0.2, 0.25) is 5.88 Å². The summed E-state index contributed by atoms with van der Waals surface area (Å²) in [5.41, 5.74) is 0. The Morgan fingerprint density at radius 1 is 1.52 bits per heavy atom. The van der Waals surface area contributed by atoms with E-state index >= 15 is 0 Å². The minimum absolute atomic E-state index is 0.0126. The molecular formula is C15H22BrN3O2. The molecule has 6 heteroatoms. The van der Waals surface area contributed by atoms with Gasteiger partial charge in [-0.25, -0.2) is 9.78 Å². The summed E-state index contributed by atoms with van der Waals surface area (Å²) < 4.78 is 6.74. The standard InChI is InChI=1S/C15H22BrN3O2/c1-3-12(4-2)18-15(20)19-8-7-13(10-19)21-14-6-5-11(16)9-17-14/h5-6,9,12-13H,3-4,7-8,10H2,1-2H3,(H,18,20). The molecule has 0 bridgehead atoms. The zero-order valence-electron chi connectivity index (χ0n) is 12.5. The zero-order chi connectivity index (χ0) is 15.2. The molecule has 1 atom stereocenters. The number of carbonyl (C=O) groups is 1. The Bertz CT molecular complexity index is 462. The van der Waals surface area contributed by atoms with Crippen LogP contribution in [0.15, 0.2) is 22.8 Å². The molecular weight excluding hydrogens is 334 g/mol. The first-order valence-electron chi connectivity index (χ1n) is 7.46. The van der Waals surface area contributed by atoms with Crippen LogP contribution in [0.2, 0.25) is 0 Å². The Morgan fingerprint density at radius 3 is 2.90 bits per heavy atom. The van der Waals surface area contributed by atoms with Crippen molar-refractivity contribution in [3.8, 4) is 5.88 Å². The normalized spacial score (nSPS) is 18.1. The van der Waals surface area contributed by atoms with Gasteiger partial charge in [-0.05, 0) is 34.8 Å². The Labute approximate surface area is 134 Å². The molecule has 0 aliphatic carbocycles. The lowest BCUT2D eigenvalue weighted by atomic mass is 10.2. The number of likely N-dealkylation sites (tertiary alicyclic amines) is 1. The number of halogens is 1. The van der Waals surface area contributed by atoms with E-state index in [9.17, 15) is 4.79 Å². The number of amides is 2. The Hall–Kier alpha value is -1.30. The van der Waals surface area contributed by atoms with Crippen LogP contribution in [-0.4, -0.2) is 41.2 Å². The van der Waals surface area contributed by atoms with Crippen molar-refractivity contribution in [2.45, 2.75) is 45.3 Å². The van der Waals surface area contributed by atoms with Crippen molar-refractivity contribution in [2.75, 3.05) is 13.1 Å². The number of nitrogens with one attached hydrogen (secondary N) is 1. The van der Waals surface area contributed by atoms with E-state index in [4.69, 9.17) is 4.74 Å². The van der Waals surface area contributed by atoms with Gasteiger partial charge in [0, 0.05) is 35.7 Å². The van der Waals surface area contributed by atoms with E-state index in [0.717, 1.165) is 30.3 Å². The summed E-state index contributed by atoms with van der Waals surface area (Å²) >= 11 is 3.34. The predicted molar refractivity (Wildman–Crippen MR) is 85.4 cm³/mol. The van der Waals surface area contributed by atoms with E-state index < -0.39 is 0 Å². The number of urea groups is 1. The van der Waals surface area contributed by atoms with E-state index in [0.29, 0.717) is 12.4 Å². The maximum atomic E-state index is 12.2. The quantitative estimate of drug-likeness (QED) is 0.882. The van der Waals surface area contributed by atoms with Crippen molar-refractivity contribution < 1.29 is 9.53 Å². The molecule has 5 nitrogen and oxygen atoms in total. The van der Waals surface area contributed by atoms with Gasteiger partial charge in [-0.15, -0.1) is 0 Å². The first-order chi connectivity index (χ1) is 10.1. The highest BCUT2D eigenvalue weighted by Crippen LogP contribution is 2.18. The highest BCUT2D eigenvalue weighted by molar-refractivity contribution is 9.10. The lowest BCUT2D eigenvalue weighted by Crippen LogP contribution is -2.44. The van der Waals surface area contributed by atoms with Crippen LogP contribution < -0.4 is 10.1 Å². The molecule has 0 radical (unpaired) electrons. The molecule has 1 aromatic rings. The zero-order valence-corrected chi connectivity index (χ0v) is 14.1. The van der Waals surface area contributed by atoms with Crippen molar-refractivity contribution in [3.63, 3.8) is 0 Å². The largest absolute Gasteiger partial charge is 0.472 e. The molecule has 2 rings (SSSR count). The third kappa shape index (κ3) is 4.59. The number of ether oxygens (including phenoxy) is 1. The molecule has 2 heterocycles. The summed E-state index contributed by atoms with van der Waals surface area (Å²) in [4.78, 5) is 18.2. The van der Waals surface area contributed by atoms with Crippen molar-refractivity contribution in [1.82, 2.24) is 15.2 Å². The van der Waals surface area contributed by atoms with Crippen LogP contribution in [-0.2, 0) is 0 Å². The first-order valence-corrected chi connectivity index (χ1v) is 8.25. The van der Waals surface area contributed by atoms with Gasteiger partial charge in [-0.2, -0.15) is 0 Å². The van der Waals surface area contributed by atoms with Gasteiger partial charge in [0.15, 0.2) is 0 Å². The third-order valence-corrected chi connectivity index (χ3v) is 4.20. The minimum Gasteiger partial charge on any atom is -0.472 e. The van der Waals surface area contributed by atoms with Gasteiger partial charge >= 0.3 is 6.03 Å². The fourth-order valence-corrected chi connectivity index (χ4v) is 2.60. The molecule has 1 aromatic heterocycles. The summed E-state index contributed by atoms with van der Waals surface area (Å²) in [5.74, 6) is 0.602. The number of nitrogens with zero attached hydrogens (tertiary/aromatic N) is 2. The molecule has 0 aromatic carbocycles. The predicted octanol–water partition coefficient (Wildman–Crippen LogP) is 3.20. The van der Waals surface area contributed by atoms with Gasteiger partial charge in [-0.1, -0.05) is 13.8 Å². The number of pyridine rings is 1. The molecule has 1 aliphatic heterocycles. The van der Waals surface area contributed by atoms with Gasteiger partial charge < -0.3 is 15.0 Å². The average Bonchev–Trinajstić information content (AvgIpc) is 2.95. The summed E-state index contributed by atoms with van der Waals surface area (Å²) in [6.45, 7) is 5.52. The lowest BCUT2D eigenvalue weighted by molar-refractivity contribution is 0.180. The molecule has 1 aliphatic rings. The fourth-order valence-electron chi connectivity index (χ4n) is 2.37. The van der Waals surface area contributed by atoms with Crippen LogP contribution in [0.5, 0.6) is 5.88 Å². The molecule has 116 valence electrons. The Morgan fingerprint density at radius 2 is 2.29 bits per heavy atom. The molecule has 1 saturated heterocycles. The monoisotopic (exact) mass is 355 g/mol. The number of hydrogen-bond donors (Lipinski definition) is 1. The Kier molecular flexibility index (Phi) is 5.85. The first kappa shape index (κ1) is 16.1. The number of carbonyl (C=O) groups excluding carboxylic acids is 1. The highest BCUT2D eigenvalue weighted by atomic mass is 79.9. The molecule has 1 unspecified atom stereocenters. The number of aromatic nitrogens is 1. The molecule has 1 fully saturated rings. The molecule has 1 N–H and O–H groups in total. The SMILES string of the molecule is CCC(CC)NC(=O)N1CCC(Oc2ccc(Br)cn2)C1. The van der Waals surface area contributed by atoms with E-state index in [1.165, 1.54) is 0 Å². The number of rotatable bonds is 5. The van der Waals surface area contributed by atoms with Crippen LogP contribution in [0, 0.1) is 0 Å². The fraction of sp³-hybridized carbons (Fsp3) is 0.600. The molecule has 2 amide bonds. The molecule has 21 heavy (non-hydrogen) atoms. The Balaban J connectivity index is 1.82. The van der Waals surface area contributed by atoms with Gasteiger partial charge in [0.1, 0.15) is 6.10 Å². The lowest BCUT2D eigenvalue weighted by Gasteiger charge is -2.21. The second-order valence-corrected chi connectivity index (χ2v) is 6.17. The van der Waals surface area contributed by atoms with Crippen LogP contribution in [0.4, 0.5) is 4.79 Å². The van der Waals surface area contributed by atoms with Crippen molar-refractivity contribution >= 4 is 22.0 Å². The summed E-state index contributed by atoms with van der Waals surface area (Å²) in [6.07, 6.45) is 4.49. The van der Waals surface area contributed by atoms with Crippen molar-refractivity contribution in [3.05, 3.63) is 22.8 Å². The molecule has 0 spiro atoms. The van der Waals surface area contributed by atoms with Crippen LogP contribution in [0.1, 0.15) is 33.1 Å². The number of hydrogen-bond acceptors (Lipinski definition) is 3. The minimum atomic E-state index is 0.0126. The van der Waals surface area contributed by atoms with E-state index in [2.05, 4.69) is 40.1 Å². The summed E-state index contributed by atoms with van der Waals surface area (Å²) in [7, 11) is 0. The van der Waals surface area contributed by atoms with E-state index in [-0.39, 0.29) is 18.2 Å². The summed E-state index contributed by atoms with van der Waals surface area (Å²) in [5, 5.41) is 3.06. The second-order valence-electron chi connectivity index (χ2n) is 5.25. The highest BCUT2D eigenvalue weighted by Gasteiger charge is 2.28. The van der Waals surface area contributed by atoms with E-state index in [1.54, 1.807) is 6.20 Å². The second kappa shape index (κ2) is 7.64. The van der Waals surface area contributed by atoms with Crippen molar-refractivity contribution in [1.29, 1.82) is 0 Å². The molecule has 0 saturated carbocycles. The van der Waals surface area contributed by atoms with Crippen LogP contribution >= 0.6 is 15.9 Å². The smallest absolute Gasteiger partial charge is 0.317 e. The topological polar surface area (TPSA) is 54.5 Å². The van der Waals surface area contributed by atoms with Crippen LogP contribution in [0.25, 0.3) is 0 Å². The van der Waals surface area contributed by atoms with Crippen LogP contribution in [0.3, 0.4) is 0 Å². The van der Waals surface area contributed by atoms with E-state index in [1.807, 2.05) is 17.0 Å². The van der Waals surface area contributed by atoms with Gasteiger partial charge in [0.25, 0.3) is 0 Å². The maximum Gasteiger partial charge on any atom is 0.317 e.